The second kappa shape index (κ2) is 7.73. The molecule has 8 heteroatoms. The second-order valence-electron chi connectivity index (χ2n) is 9.62. The molecule has 1 saturated carbocycles. The van der Waals surface area contributed by atoms with Gasteiger partial charge in [0.1, 0.15) is 17.5 Å². The van der Waals surface area contributed by atoms with E-state index in [2.05, 4.69) is 21.8 Å². The van der Waals surface area contributed by atoms with Crippen molar-refractivity contribution in [1.29, 1.82) is 0 Å². The fraction of sp³-hybridized carbons (Fsp3) is 0.296. The number of benzene rings is 2. The highest BCUT2D eigenvalue weighted by molar-refractivity contribution is 6.08. The lowest BCUT2D eigenvalue weighted by Crippen LogP contribution is -2.55. The molecule has 3 aromatic rings. The lowest BCUT2D eigenvalue weighted by molar-refractivity contribution is -0.114. The lowest BCUT2D eigenvalue weighted by Gasteiger charge is -2.47. The predicted molar refractivity (Wildman–Crippen MR) is 133 cm³/mol. The molecule has 2 aromatic carbocycles. The summed E-state index contributed by atoms with van der Waals surface area (Å²) in [6, 6.07) is 12.7. The summed E-state index contributed by atoms with van der Waals surface area (Å²) in [4.78, 5) is 39.7. The average Bonchev–Trinajstić information content (AvgIpc) is 3.22. The number of rotatable bonds is 3. The molecular formula is C27H26N4O4. The molecule has 8 nitrogen and oxygen atoms in total. The lowest BCUT2D eigenvalue weighted by atomic mass is 9.75. The summed E-state index contributed by atoms with van der Waals surface area (Å²) in [7, 11) is 0. The van der Waals surface area contributed by atoms with E-state index in [-0.39, 0.29) is 29.4 Å². The molecule has 1 fully saturated rings. The SMILES string of the molecule is C=CC(=O)N1CC(C)Oc2ccc(NC(=O)c3ccc4cc5n(c4c3)C3(CCC3)CNC5=O)cc21. The van der Waals surface area contributed by atoms with Crippen molar-refractivity contribution >= 4 is 40.0 Å². The van der Waals surface area contributed by atoms with Gasteiger partial charge >= 0.3 is 0 Å². The Morgan fingerprint density at radius 2 is 2.03 bits per heavy atom. The molecule has 0 radical (unpaired) electrons. The van der Waals surface area contributed by atoms with Crippen LogP contribution >= 0.6 is 0 Å². The number of nitrogens with zero attached hydrogens (tertiary/aromatic N) is 2. The van der Waals surface area contributed by atoms with Gasteiger partial charge in [-0.15, -0.1) is 0 Å². The van der Waals surface area contributed by atoms with Gasteiger partial charge in [-0.1, -0.05) is 12.6 Å². The van der Waals surface area contributed by atoms with Gasteiger partial charge in [-0.2, -0.15) is 0 Å². The number of carbonyl (C=O) groups is 3. The van der Waals surface area contributed by atoms with Gasteiger partial charge in [0.25, 0.3) is 17.7 Å². The Hall–Kier alpha value is -4.07. The largest absolute Gasteiger partial charge is 0.487 e. The number of nitrogens with one attached hydrogen (secondary N) is 2. The van der Waals surface area contributed by atoms with E-state index in [1.54, 1.807) is 29.2 Å². The molecule has 1 unspecified atom stereocenters. The van der Waals surface area contributed by atoms with Crippen LogP contribution < -0.4 is 20.3 Å². The first-order valence-electron chi connectivity index (χ1n) is 11.9. The molecule has 2 aliphatic heterocycles. The summed E-state index contributed by atoms with van der Waals surface area (Å²) >= 11 is 0. The van der Waals surface area contributed by atoms with E-state index in [9.17, 15) is 14.4 Å². The van der Waals surface area contributed by atoms with E-state index in [1.165, 1.54) is 6.08 Å². The Morgan fingerprint density at radius 1 is 1.20 bits per heavy atom. The standard InChI is InChI=1S/C27H26N4O4/c1-3-24(32)30-14-16(2)35-23-8-7-19(13-21(23)30)29-25(33)18-6-5-17-11-22-26(34)28-15-27(9-4-10-27)31(22)20(17)12-18/h3,5-8,11-13,16H,1,4,9-10,14-15H2,2H3,(H,28,34)(H,29,33). The molecule has 2 N–H and O–H groups in total. The third-order valence-corrected chi connectivity index (χ3v) is 7.35. The maximum atomic E-state index is 13.2. The van der Waals surface area contributed by atoms with Crippen LogP contribution in [0.5, 0.6) is 5.75 Å². The van der Waals surface area contributed by atoms with Gasteiger partial charge in [0, 0.05) is 23.2 Å². The predicted octanol–water partition coefficient (Wildman–Crippen LogP) is 3.82. The van der Waals surface area contributed by atoms with Crippen molar-refractivity contribution in [2.45, 2.75) is 37.8 Å². The van der Waals surface area contributed by atoms with E-state index >= 15 is 0 Å². The first kappa shape index (κ1) is 21.5. The minimum absolute atomic E-state index is 0.0750. The molecule has 35 heavy (non-hydrogen) atoms. The van der Waals surface area contributed by atoms with Crippen molar-refractivity contribution in [2.24, 2.45) is 0 Å². The van der Waals surface area contributed by atoms with Gasteiger partial charge in [-0.25, -0.2) is 0 Å². The normalized spacial score (nSPS) is 19.7. The number of fused-ring (bicyclic) bond motifs is 5. The molecular weight excluding hydrogens is 444 g/mol. The van der Waals surface area contributed by atoms with Crippen molar-refractivity contribution in [2.75, 3.05) is 23.3 Å². The second-order valence-corrected chi connectivity index (χ2v) is 9.62. The topological polar surface area (TPSA) is 92.7 Å². The van der Waals surface area contributed by atoms with Gasteiger partial charge in [-0.3, -0.25) is 14.4 Å². The van der Waals surface area contributed by atoms with Crippen LogP contribution in [0, 0.1) is 0 Å². The Labute approximate surface area is 202 Å². The first-order valence-corrected chi connectivity index (χ1v) is 11.9. The number of hydrogen-bond acceptors (Lipinski definition) is 4. The number of ether oxygens (including phenoxy) is 1. The van der Waals surface area contributed by atoms with Crippen molar-refractivity contribution in [3.8, 4) is 5.75 Å². The van der Waals surface area contributed by atoms with E-state index < -0.39 is 0 Å². The number of amides is 3. The van der Waals surface area contributed by atoms with Crippen LogP contribution in [0.25, 0.3) is 10.9 Å². The summed E-state index contributed by atoms with van der Waals surface area (Å²) in [5.41, 5.74) is 3.11. The zero-order valence-corrected chi connectivity index (χ0v) is 19.5. The fourth-order valence-corrected chi connectivity index (χ4v) is 5.46. The zero-order valence-electron chi connectivity index (χ0n) is 19.5. The van der Waals surface area contributed by atoms with Crippen LogP contribution in [0.3, 0.4) is 0 Å². The quantitative estimate of drug-likeness (QED) is 0.570. The molecule has 1 aliphatic carbocycles. The maximum absolute atomic E-state index is 13.2. The van der Waals surface area contributed by atoms with Crippen molar-refractivity contribution < 1.29 is 19.1 Å². The Morgan fingerprint density at radius 3 is 2.77 bits per heavy atom. The Balaban J connectivity index is 1.33. The van der Waals surface area contributed by atoms with Crippen LogP contribution in [0.15, 0.2) is 55.1 Å². The number of carbonyl (C=O) groups excluding carboxylic acids is 3. The van der Waals surface area contributed by atoms with Crippen molar-refractivity contribution in [3.05, 3.63) is 66.4 Å². The minimum atomic E-state index is -0.267. The van der Waals surface area contributed by atoms with Crippen molar-refractivity contribution in [3.63, 3.8) is 0 Å². The monoisotopic (exact) mass is 470 g/mol. The fourth-order valence-electron chi connectivity index (χ4n) is 5.46. The van der Waals surface area contributed by atoms with Gasteiger partial charge in [0.05, 0.1) is 23.3 Å². The first-order chi connectivity index (χ1) is 16.9. The molecule has 1 atom stereocenters. The summed E-state index contributed by atoms with van der Waals surface area (Å²) in [5, 5.41) is 6.91. The number of aromatic nitrogens is 1. The molecule has 6 rings (SSSR count). The van der Waals surface area contributed by atoms with Crippen LogP contribution in [-0.4, -0.2) is 41.5 Å². The van der Waals surface area contributed by atoms with Crippen LogP contribution in [0.2, 0.25) is 0 Å². The highest BCUT2D eigenvalue weighted by Gasteiger charge is 2.44. The summed E-state index contributed by atoms with van der Waals surface area (Å²) in [5.74, 6) is 0.0236. The van der Waals surface area contributed by atoms with Crippen LogP contribution in [0.1, 0.15) is 47.0 Å². The van der Waals surface area contributed by atoms with Gasteiger partial charge < -0.3 is 24.8 Å². The summed E-state index contributed by atoms with van der Waals surface area (Å²) in [6.45, 7) is 6.51. The molecule has 3 amide bonds. The molecule has 1 aromatic heterocycles. The van der Waals surface area contributed by atoms with E-state index in [4.69, 9.17) is 4.74 Å². The summed E-state index contributed by atoms with van der Waals surface area (Å²) in [6.07, 6.45) is 4.27. The minimum Gasteiger partial charge on any atom is -0.487 e. The van der Waals surface area contributed by atoms with Crippen LogP contribution in [0.4, 0.5) is 11.4 Å². The average molecular weight is 471 g/mol. The zero-order chi connectivity index (χ0) is 24.3. The highest BCUT2D eigenvalue weighted by Crippen LogP contribution is 2.44. The van der Waals surface area contributed by atoms with E-state index in [0.29, 0.717) is 41.5 Å². The molecule has 3 heterocycles. The molecule has 1 spiro atoms. The van der Waals surface area contributed by atoms with Crippen LogP contribution in [-0.2, 0) is 10.3 Å². The highest BCUT2D eigenvalue weighted by atomic mass is 16.5. The number of hydrogen-bond donors (Lipinski definition) is 2. The van der Waals surface area contributed by atoms with Gasteiger partial charge in [0.15, 0.2) is 0 Å². The van der Waals surface area contributed by atoms with Gasteiger partial charge in [0.2, 0.25) is 0 Å². The van der Waals surface area contributed by atoms with Crippen molar-refractivity contribution in [1.82, 2.24) is 9.88 Å². The summed E-state index contributed by atoms with van der Waals surface area (Å²) < 4.78 is 8.00. The Bertz CT molecular complexity index is 1420. The van der Waals surface area contributed by atoms with E-state index in [0.717, 1.165) is 30.2 Å². The maximum Gasteiger partial charge on any atom is 0.268 e. The molecule has 0 saturated heterocycles. The van der Waals surface area contributed by atoms with E-state index in [1.807, 2.05) is 25.1 Å². The third-order valence-electron chi connectivity index (χ3n) is 7.35. The molecule has 0 bridgehead atoms. The smallest absolute Gasteiger partial charge is 0.268 e. The molecule has 178 valence electrons. The van der Waals surface area contributed by atoms with Gasteiger partial charge in [-0.05, 0) is 68.7 Å². The third kappa shape index (κ3) is 3.31. The Kier molecular flexibility index (Phi) is 4.74. The molecule has 3 aliphatic rings. The number of anilines is 2.